The predicted octanol–water partition coefficient (Wildman–Crippen LogP) is 3.03. The molecular formula is C11H9ClO. The lowest BCUT2D eigenvalue weighted by atomic mass is 10.0. The molecule has 0 atom stereocenters. The van der Waals surface area contributed by atoms with Crippen LogP contribution in [0.25, 0.3) is 0 Å². The summed E-state index contributed by atoms with van der Waals surface area (Å²) in [6, 6.07) is 5.48. The summed E-state index contributed by atoms with van der Waals surface area (Å²) in [7, 11) is 0. The van der Waals surface area contributed by atoms with E-state index in [1.165, 1.54) is 0 Å². The van der Waals surface area contributed by atoms with Crippen molar-refractivity contribution < 1.29 is 4.79 Å². The maximum Gasteiger partial charge on any atom is 0.185 e. The Labute approximate surface area is 82.0 Å². The second kappa shape index (κ2) is 3.35. The molecular weight excluding hydrogens is 184 g/mol. The quantitative estimate of drug-likeness (QED) is 0.618. The number of carbonyl (C=O) groups excluding carboxylic acids is 1. The Morgan fingerprint density at radius 3 is 3.00 bits per heavy atom. The molecule has 0 aromatic heterocycles. The number of ketones is 1. The summed E-state index contributed by atoms with van der Waals surface area (Å²) in [5, 5.41) is 0.703. The molecule has 0 saturated carbocycles. The molecule has 0 bridgehead atoms. The van der Waals surface area contributed by atoms with Gasteiger partial charge in [0.25, 0.3) is 0 Å². The zero-order valence-corrected chi connectivity index (χ0v) is 7.84. The van der Waals surface area contributed by atoms with Crippen molar-refractivity contribution in [1.82, 2.24) is 0 Å². The van der Waals surface area contributed by atoms with E-state index in [1.807, 2.05) is 24.3 Å². The number of hydrogen-bond acceptors (Lipinski definition) is 1. The van der Waals surface area contributed by atoms with Gasteiger partial charge in [-0.3, -0.25) is 4.79 Å². The van der Waals surface area contributed by atoms with Gasteiger partial charge in [0, 0.05) is 10.6 Å². The molecule has 0 amide bonds. The predicted molar refractivity (Wildman–Crippen MR) is 53.2 cm³/mol. The normalized spacial score (nSPS) is 15.3. The van der Waals surface area contributed by atoms with Crippen molar-refractivity contribution in [2.24, 2.45) is 0 Å². The van der Waals surface area contributed by atoms with Crippen LogP contribution in [0.3, 0.4) is 0 Å². The third-order valence-electron chi connectivity index (χ3n) is 2.21. The molecule has 0 heterocycles. The molecule has 66 valence electrons. The van der Waals surface area contributed by atoms with Crippen molar-refractivity contribution in [1.29, 1.82) is 0 Å². The number of halogens is 1. The number of allylic oxidation sites excluding steroid dienone is 2. The fourth-order valence-electron chi connectivity index (χ4n) is 1.55. The lowest BCUT2D eigenvalue weighted by Gasteiger charge is -2.05. The number of rotatable bonds is 0. The fourth-order valence-corrected chi connectivity index (χ4v) is 1.82. The van der Waals surface area contributed by atoms with E-state index >= 15 is 0 Å². The molecule has 2 rings (SSSR count). The van der Waals surface area contributed by atoms with Crippen molar-refractivity contribution >= 4 is 17.4 Å². The number of hydrogen-bond donors (Lipinski definition) is 0. The zero-order chi connectivity index (χ0) is 9.26. The van der Waals surface area contributed by atoms with E-state index in [0.717, 1.165) is 24.0 Å². The van der Waals surface area contributed by atoms with E-state index in [9.17, 15) is 4.79 Å². The molecule has 0 unspecified atom stereocenters. The van der Waals surface area contributed by atoms with Crippen LogP contribution in [0, 0.1) is 0 Å². The molecule has 0 N–H and O–H groups in total. The van der Waals surface area contributed by atoms with Gasteiger partial charge in [0.05, 0.1) is 0 Å². The molecule has 13 heavy (non-hydrogen) atoms. The fraction of sp³-hybridized carbons (Fsp3) is 0.182. The van der Waals surface area contributed by atoms with Crippen LogP contribution in [-0.4, -0.2) is 5.78 Å². The van der Waals surface area contributed by atoms with E-state index in [0.29, 0.717) is 5.02 Å². The van der Waals surface area contributed by atoms with Crippen LogP contribution in [0.5, 0.6) is 0 Å². The van der Waals surface area contributed by atoms with Crippen LogP contribution in [0.15, 0.2) is 30.4 Å². The summed E-state index contributed by atoms with van der Waals surface area (Å²) in [6.45, 7) is 0. The number of fused-ring (bicyclic) bond motifs is 1. The van der Waals surface area contributed by atoms with Gasteiger partial charge in [-0.2, -0.15) is 0 Å². The maximum absolute atomic E-state index is 11.5. The molecule has 1 aromatic carbocycles. The lowest BCUT2D eigenvalue weighted by Crippen LogP contribution is -1.98. The minimum Gasteiger partial charge on any atom is -0.289 e. The lowest BCUT2D eigenvalue weighted by molar-refractivity contribution is 0.104. The Kier molecular flexibility index (Phi) is 2.19. The van der Waals surface area contributed by atoms with Crippen molar-refractivity contribution in [3.05, 3.63) is 46.5 Å². The Bertz CT molecular complexity index is 380. The van der Waals surface area contributed by atoms with Gasteiger partial charge in [0.2, 0.25) is 0 Å². The Hall–Kier alpha value is -1.08. The summed E-state index contributed by atoms with van der Waals surface area (Å²) >= 11 is 6.00. The second-order valence-electron chi connectivity index (χ2n) is 3.07. The first-order valence-corrected chi connectivity index (χ1v) is 4.65. The summed E-state index contributed by atoms with van der Waals surface area (Å²) in [5.74, 6) is 0.0648. The van der Waals surface area contributed by atoms with Crippen molar-refractivity contribution in [2.75, 3.05) is 0 Å². The first-order valence-electron chi connectivity index (χ1n) is 4.27. The average molecular weight is 193 g/mol. The van der Waals surface area contributed by atoms with Crippen LogP contribution < -0.4 is 0 Å². The van der Waals surface area contributed by atoms with E-state index in [2.05, 4.69) is 0 Å². The topological polar surface area (TPSA) is 17.1 Å². The van der Waals surface area contributed by atoms with Crippen LogP contribution in [0.4, 0.5) is 0 Å². The van der Waals surface area contributed by atoms with E-state index in [-0.39, 0.29) is 5.78 Å². The van der Waals surface area contributed by atoms with Gasteiger partial charge < -0.3 is 0 Å². The Balaban J connectivity index is 2.60. The highest BCUT2D eigenvalue weighted by atomic mass is 35.5. The number of carbonyl (C=O) groups is 1. The summed E-state index contributed by atoms with van der Waals surface area (Å²) in [4.78, 5) is 11.5. The maximum atomic E-state index is 11.5. The van der Waals surface area contributed by atoms with E-state index < -0.39 is 0 Å². The summed E-state index contributed by atoms with van der Waals surface area (Å²) in [5.41, 5.74) is 1.74. The van der Waals surface area contributed by atoms with Crippen LogP contribution in [0.2, 0.25) is 5.02 Å². The summed E-state index contributed by atoms with van der Waals surface area (Å²) in [6.07, 6.45) is 5.28. The van der Waals surface area contributed by atoms with Gasteiger partial charge in [0.1, 0.15) is 0 Å². The summed E-state index contributed by atoms with van der Waals surface area (Å²) < 4.78 is 0. The Morgan fingerprint density at radius 1 is 1.31 bits per heavy atom. The van der Waals surface area contributed by atoms with E-state index in [1.54, 1.807) is 6.08 Å². The molecule has 1 aliphatic rings. The highest BCUT2D eigenvalue weighted by Crippen LogP contribution is 2.24. The van der Waals surface area contributed by atoms with Gasteiger partial charge in [-0.15, -0.1) is 0 Å². The zero-order valence-electron chi connectivity index (χ0n) is 7.09. The van der Waals surface area contributed by atoms with Crippen molar-refractivity contribution in [3.8, 4) is 0 Å². The SMILES string of the molecule is O=C1C=CCCc2c(Cl)cccc21. The smallest absolute Gasteiger partial charge is 0.185 e. The van der Waals surface area contributed by atoms with Gasteiger partial charge in [-0.05, 0) is 30.5 Å². The monoisotopic (exact) mass is 192 g/mol. The van der Waals surface area contributed by atoms with Crippen LogP contribution in [-0.2, 0) is 6.42 Å². The van der Waals surface area contributed by atoms with Gasteiger partial charge in [-0.25, -0.2) is 0 Å². The largest absolute Gasteiger partial charge is 0.289 e. The average Bonchev–Trinajstić information content (AvgIpc) is 2.30. The van der Waals surface area contributed by atoms with Gasteiger partial charge in [0.15, 0.2) is 5.78 Å². The highest BCUT2D eigenvalue weighted by Gasteiger charge is 2.13. The third-order valence-corrected chi connectivity index (χ3v) is 2.57. The molecule has 0 aliphatic heterocycles. The third kappa shape index (κ3) is 1.52. The molecule has 0 saturated heterocycles. The van der Waals surface area contributed by atoms with Crippen LogP contribution >= 0.6 is 11.6 Å². The first kappa shape index (κ1) is 8.52. The second-order valence-corrected chi connectivity index (χ2v) is 3.48. The first-order chi connectivity index (χ1) is 6.29. The van der Waals surface area contributed by atoms with Gasteiger partial charge in [-0.1, -0.05) is 29.8 Å². The molecule has 1 aromatic rings. The molecule has 0 fully saturated rings. The van der Waals surface area contributed by atoms with Gasteiger partial charge >= 0.3 is 0 Å². The minimum absolute atomic E-state index is 0.0648. The van der Waals surface area contributed by atoms with Crippen LogP contribution in [0.1, 0.15) is 22.3 Å². The standard InChI is InChI=1S/C11H9ClO/c12-10-6-3-5-9-8(10)4-1-2-7-11(9)13/h2-3,5-7H,1,4H2. The van der Waals surface area contributed by atoms with E-state index in [4.69, 9.17) is 11.6 Å². The van der Waals surface area contributed by atoms with Crippen molar-refractivity contribution in [2.45, 2.75) is 12.8 Å². The molecule has 0 radical (unpaired) electrons. The number of benzene rings is 1. The van der Waals surface area contributed by atoms with Crippen molar-refractivity contribution in [3.63, 3.8) is 0 Å². The minimum atomic E-state index is 0.0648. The molecule has 0 spiro atoms. The molecule has 1 nitrogen and oxygen atoms in total. The molecule has 1 aliphatic carbocycles. The Morgan fingerprint density at radius 2 is 2.15 bits per heavy atom. The molecule has 2 heteroatoms. The highest BCUT2D eigenvalue weighted by molar-refractivity contribution is 6.32.